The zero-order chi connectivity index (χ0) is 15.7. The molecule has 0 radical (unpaired) electrons. The van der Waals surface area contributed by atoms with Crippen molar-refractivity contribution >= 4 is 84.5 Å². The summed E-state index contributed by atoms with van der Waals surface area (Å²) in [6, 6.07) is 10.9. The van der Waals surface area contributed by atoms with Gasteiger partial charge in [-0.25, -0.2) is 4.98 Å². The summed E-state index contributed by atoms with van der Waals surface area (Å²) in [7, 11) is 0. The number of para-hydroxylation sites is 1. The summed E-state index contributed by atoms with van der Waals surface area (Å²) in [4.78, 5) is 4.42. The number of rotatable bonds is 2. The number of anilines is 2. The number of halogens is 3. The summed E-state index contributed by atoms with van der Waals surface area (Å²) >= 11 is 24.9. The third-order valence-corrected chi connectivity index (χ3v) is 5.05. The van der Waals surface area contributed by atoms with Gasteiger partial charge in [-0.05, 0) is 36.5 Å². The van der Waals surface area contributed by atoms with E-state index >= 15 is 0 Å². The molecular weight excluding hydrogens is 381 g/mol. The van der Waals surface area contributed by atoms with Gasteiger partial charge in [0.05, 0.1) is 25.5 Å². The Morgan fingerprint density at radius 3 is 2.50 bits per heavy atom. The molecule has 3 rings (SSSR count). The summed E-state index contributed by atoms with van der Waals surface area (Å²) in [6.45, 7) is 0. The normalized spacial score (nSPS) is 10.7. The molecule has 112 valence electrons. The minimum Gasteiger partial charge on any atom is -0.331 e. The molecule has 0 aliphatic carbocycles. The molecule has 22 heavy (non-hydrogen) atoms. The smallest absolute Gasteiger partial charge is 0.190 e. The second-order valence-corrected chi connectivity index (χ2v) is 6.92. The maximum absolute atomic E-state index is 6.11. The van der Waals surface area contributed by atoms with Crippen LogP contribution in [0, 0.1) is 0 Å². The van der Waals surface area contributed by atoms with E-state index in [1.54, 1.807) is 24.3 Å². The number of benzene rings is 2. The monoisotopic (exact) mass is 387 g/mol. The summed E-state index contributed by atoms with van der Waals surface area (Å²) < 4.78 is 0.985. The molecule has 0 spiro atoms. The van der Waals surface area contributed by atoms with Crippen LogP contribution in [0.3, 0.4) is 0 Å². The summed E-state index contributed by atoms with van der Waals surface area (Å²) in [6.07, 6.45) is 0. The van der Waals surface area contributed by atoms with E-state index in [9.17, 15) is 0 Å². The van der Waals surface area contributed by atoms with Gasteiger partial charge in [0.25, 0.3) is 0 Å². The zero-order valence-corrected chi connectivity index (χ0v) is 14.8. The lowest BCUT2D eigenvalue weighted by Crippen LogP contribution is -2.19. The highest BCUT2D eigenvalue weighted by molar-refractivity contribution is 7.80. The fraction of sp³-hybridized carbons (Fsp3) is 0. The first-order chi connectivity index (χ1) is 10.5. The van der Waals surface area contributed by atoms with Crippen molar-refractivity contribution in [1.29, 1.82) is 0 Å². The lowest BCUT2D eigenvalue weighted by molar-refractivity contribution is 1.47. The Bertz CT molecular complexity index is 864. The number of aromatic nitrogens is 1. The Morgan fingerprint density at radius 1 is 1.00 bits per heavy atom. The van der Waals surface area contributed by atoms with Crippen molar-refractivity contribution in [3.05, 3.63) is 51.5 Å². The van der Waals surface area contributed by atoms with Crippen molar-refractivity contribution < 1.29 is 0 Å². The van der Waals surface area contributed by atoms with Crippen LogP contribution in [0.25, 0.3) is 10.2 Å². The average molecular weight is 389 g/mol. The number of fused-ring (bicyclic) bond motifs is 1. The number of hydrogen-bond donors (Lipinski definition) is 2. The van der Waals surface area contributed by atoms with Gasteiger partial charge in [-0.3, -0.25) is 0 Å². The number of thiocarbonyl (C=S) groups is 1. The Kier molecular flexibility index (Phi) is 4.70. The highest BCUT2D eigenvalue weighted by Crippen LogP contribution is 2.32. The molecule has 0 aliphatic heterocycles. The quantitative estimate of drug-likeness (QED) is 0.523. The molecule has 8 heteroatoms. The van der Waals surface area contributed by atoms with Crippen molar-refractivity contribution in [2.75, 3.05) is 10.6 Å². The fourth-order valence-electron chi connectivity index (χ4n) is 1.82. The largest absolute Gasteiger partial charge is 0.331 e. The predicted molar refractivity (Wildman–Crippen MR) is 101 cm³/mol. The van der Waals surface area contributed by atoms with Crippen LogP contribution in [0.4, 0.5) is 10.8 Å². The van der Waals surface area contributed by atoms with Crippen LogP contribution >= 0.6 is 58.4 Å². The summed E-state index contributed by atoms with van der Waals surface area (Å²) in [5, 5.41) is 8.53. The van der Waals surface area contributed by atoms with Crippen LogP contribution in [-0.4, -0.2) is 10.1 Å². The predicted octanol–water partition coefficient (Wildman–Crippen LogP) is 6.07. The van der Waals surface area contributed by atoms with Gasteiger partial charge in [-0.15, -0.1) is 0 Å². The van der Waals surface area contributed by atoms with E-state index in [1.165, 1.54) is 11.3 Å². The average Bonchev–Trinajstić information content (AvgIpc) is 2.88. The van der Waals surface area contributed by atoms with E-state index in [4.69, 9.17) is 47.0 Å². The van der Waals surface area contributed by atoms with E-state index in [2.05, 4.69) is 15.6 Å². The molecular formula is C14H8Cl3N3S2. The van der Waals surface area contributed by atoms with Gasteiger partial charge in [-0.1, -0.05) is 58.3 Å². The highest BCUT2D eigenvalue weighted by Gasteiger charge is 2.10. The van der Waals surface area contributed by atoms with Crippen molar-refractivity contribution in [3.8, 4) is 0 Å². The van der Waals surface area contributed by atoms with Crippen molar-refractivity contribution in [1.82, 2.24) is 4.98 Å². The number of hydrogen-bond acceptors (Lipinski definition) is 3. The lowest BCUT2D eigenvalue weighted by Gasteiger charge is -2.10. The number of nitrogens with one attached hydrogen (secondary N) is 2. The lowest BCUT2D eigenvalue weighted by atomic mass is 10.3. The number of thiazole rings is 1. The first-order valence-electron chi connectivity index (χ1n) is 6.11. The zero-order valence-electron chi connectivity index (χ0n) is 10.9. The van der Waals surface area contributed by atoms with Crippen LogP contribution in [0.1, 0.15) is 0 Å². The molecule has 1 heterocycles. The van der Waals surface area contributed by atoms with E-state index < -0.39 is 0 Å². The molecule has 1 aromatic heterocycles. The van der Waals surface area contributed by atoms with Crippen molar-refractivity contribution in [2.24, 2.45) is 0 Å². The van der Waals surface area contributed by atoms with E-state index in [-0.39, 0.29) is 0 Å². The Morgan fingerprint density at radius 2 is 1.73 bits per heavy atom. The van der Waals surface area contributed by atoms with Gasteiger partial charge < -0.3 is 10.6 Å². The Balaban J connectivity index is 1.78. The molecule has 0 fully saturated rings. The maximum Gasteiger partial charge on any atom is 0.190 e. The first-order valence-corrected chi connectivity index (χ1v) is 8.47. The molecule has 0 atom stereocenters. The molecule has 0 unspecified atom stereocenters. The second kappa shape index (κ2) is 6.56. The second-order valence-electron chi connectivity index (χ2n) is 4.29. The first kappa shape index (κ1) is 15.8. The van der Waals surface area contributed by atoms with Gasteiger partial charge in [0.15, 0.2) is 10.2 Å². The van der Waals surface area contributed by atoms with Gasteiger partial charge in [0.2, 0.25) is 0 Å². The molecule has 2 aromatic carbocycles. The van der Waals surface area contributed by atoms with Crippen LogP contribution in [-0.2, 0) is 0 Å². The fourth-order valence-corrected chi connectivity index (χ4v) is 3.61. The molecule has 0 saturated carbocycles. The van der Waals surface area contributed by atoms with E-state index in [1.807, 2.05) is 12.1 Å². The third kappa shape index (κ3) is 3.29. The number of nitrogens with zero attached hydrogens (tertiary/aromatic N) is 1. The molecule has 0 saturated heterocycles. The topological polar surface area (TPSA) is 37.0 Å². The van der Waals surface area contributed by atoms with Crippen molar-refractivity contribution in [2.45, 2.75) is 0 Å². The minimum absolute atomic E-state index is 0.374. The van der Waals surface area contributed by atoms with E-state index in [0.29, 0.717) is 31.0 Å². The van der Waals surface area contributed by atoms with Gasteiger partial charge in [-0.2, -0.15) is 0 Å². The van der Waals surface area contributed by atoms with E-state index in [0.717, 1.165) is 10.2 Å². The van der Waals surface area contributed by atoms with Crippen molar-refractivity contribution in [3.63, 3.8) is 0 Å². The minimum atomic E-state index is 0.374. The third-order valence-electron chi connectivity index (χ3n) is 2.79. The molecule has 0 amide bonds. The van der Waals surface area contributed by atoms with Crippen LogP contribution in [0.5, 0.6) is 0 Å². The Labute approximate surface area is 151 Å². The Hall–Kier alpha value is -1.11. The standard InChI is InChI=1S/C14H8Cl3N3S2/c15-7-3-1-5-9(11(7)17)18-13(21)20-14-19-12-8(16)4-2-6-10(12)22-14/h1-6H,(H2,18,19,20,21). The highest BCUT2D eigenvalue weighted by atomic mass is 35.5. The van der Waals surface area contributed by atoms with Crippen LogP contribution < -0.4 is 10.6 Å². The summed E-state index contributed by atoms with van der Waals surface area (Å²) in [5.74, 6) is 0. The molecule has 0 bridgehead atoms. The van der Waals surface area contributed by atoms with Crippen LogP contribution in [0.2, 0.25) is 15.1 Å². The van der Waals surface area contributed by atoms with Crippen LogP contribution in [0.15, 0.2) is 36.4 Å². The summed E-state index contributed by atoms with van der Waals surface area (Å²) in [5.41, 5.74) is 1.38. The molecule has 0 aliphatic rings. The molecule has 3 aromatic rings. The van der Waals surface area contributed by atoms with Gasteiger partial charge in [0, 0.05) is 0 Å². The SMILES string of the molecule is S=C(Nc1nc2c(Cl)cccc2s1)Nc1cccc(Cl)c1Cl. The molecule has 2 N–H and O–H groups in total. The maximum atomic E-state index is 6.11. The van der Waals surface area contributed by atoms with Gasteiger partial charge >= 0.3 is 0 Å². The van der Waals surface area contributed by atoms with Gasteiger partial charge in [0.1, 0.15) is 5.52 Å². The molecule has 3 nitrogen and oxygen atoms in total.